The van der Waals surface area contributed by atoms with E-state index in [4.69, 9.17) is 4.42 Å². The van der Waals surface area contributed by atoms with Crippen molar-refractivity contribution in [2.45, 2.75) is 52.0 Å². The Labute approximate surface area is 140 Å². The second kappa shape index (κ2) is 6.59. The molecule has 0 aromatic carbocycles. The van der Waals surface area contributed by atoms with E-state index < -0.39 is 0 Å². The number of carbonyl (C=O) groups excluding carboxylic acids is 1. The normalized spacial score (nSPS) is 21.0. The number of carbonyl (C=O) groups is 1. The Morgan fingerprint density at radius 3 is 2.88 bits per heavy atom. The van der Waals surface area contributed by atoms with E-state index in [2.05, 4.69) is 15.2 Å². The zero-order valence-corrected chi connectivity index (χ0v) is 14.2. The predicted molar refractivity (Wildman–Crippen MR) is 87.9 cm³/mol. The minimum absolute atomic E-state index is 0.0265. The van der Waals surface area contributed by atoms with Crippen molar-refractivity contribution < 1.29 is 9.21 Å². The molecule has 7 heteroatoms. The van der Waals surface area contributed by atoms with E-state index in [9.17, 15) is 9.59 Å². The molecule has 128 valence electrons. The summed E-state index contributed by atoms with van der Waals surface area (Å²) in [5.74, 6) is 1.11. The molecule has 0 bridgehead atoms. The molecule has 0 unspecified atom stereocenters. The Kier molecular flexibility index (Phi) is 4.51. The maximum Gasteiger partial charge on any atom is 0.254 e. The van der Waals surface area contributed by atoms with E-state index in [1.54, 1.807) is 17.9 Å². The van der Waals surface area contributed by atoms with Crippen molar-refractivity contribution >= 4 is 5.91 Å². The van der Waals surface area contributed by atoms with Crippen LogP contribution in [0.5, 0.6) is 0 Å². The van der Waals surface area contributed by atoms with Crippen molar-refractivity contribution in [2.24, 2.45) is 0 Å². The van der Waals surface area contributed by atoms with Crippen LogP contribution in [-0.4, -0.2) is 38.6 Å². The fourth-order valence-electron chi connectivity index (χ4n) is 3.29. The van der Waals surface area contributed by atoms with E-state index in [0.29, 0.717) is 36.0 Å². The van der Waals surface area contributed by atoms with Gasteiger partial charge in [0, 0.05) is 36.3 Å². The Hall–Kier alpha value is -2.44. The van der Waals surface area contributed by atoms with Crippen LogP contribution in [0.1, 0.15) is 60.4 Å². The number of hydrogen-bond donors (Lipinski definition) is 1. The molecule has 1 fully saturated rings. The van der Waals surface area contributed by atoms with E-state index in [0.717, 1.165) is 12.8 Å². The van der Waals surface area contributed by atoms with Gasteiger partial charge >= 0.3 is 0 Å². The van der Waals surface area contributed by atoms with Crippen LogP contribution < -0.4 is 5.56 Å². The lowest BCUT2D eigenvalue weighted by molar-refractivity contribution is 0.0582. The topological polar surface area (TPSA) is 92.1 Å². The standard InChI is InChI=1S/C17H22N4O3/c1-4-15-19-20-16(24-15)13-6-5-7-21(11(13)3)17(23)12-8-10(2)18-14(22)9-12/h8-9,11,13H,4-7H2,1-3H3,(H,18,22)/t11-,13-/m0/s1. The zero-order valence-electron chi connectivity index (χ0n) is 14.2. The van der Waals surface area contributed by atoms with Crippen molar-refractivity contribution in [3.63, 3.8) is 0 Å². The molecule has 7 nitrogen and oxygen atoms in total. The molecule has 3 rings (SSSR count). The number of nitrogens with one attached hydrogen (secondary N) is 1. The number of nitrogens with zero attached hydrogens (tertiary/aromatic N) is 3. The number of H-pyrrole nitrogens is 1. The predicted octanol–water partition coefficient (Wildman–Crippen LogP) is 2.04. The number of aromatic nitrogens is 3. The number of aromatic amines is 1. The van der Waals surface area contributed by atoms with Crippen molar-refractivity contribution in [1.29, 1.82) is 0 Å². The minimum Gasteiger partial charge on any atom is -0.425 e. The maximum absolute atomic E-state index is 12.9. The van der Waals surface area contributed by atoms with Gasteiger partial charge < -0.3 is 14.3 Å². The van der Waals surface area contributed by atoms with Crippen molar-refractivity contribution in [3.05, 3.63) is 45.5 Å². The number of likely N-dealkylation sites (tertiary alicyclic amines) is 1. The van der Waals surface area contributed by atoms with Gasteiger partial charge in [0.25, 0.3) is 5.91 Å². The SMILES string of the molecule is CCc1nnc([C@H]2CCCN(C(=O)c3cc(C)[nH]c(=O)c3)[C@H]2C)o1. The average molecular weight is 330 g/mol. The molecule has 1 amide bonds. The van der Waals surface area contributed by atoms with Gasteiger partial charge in [0.2, 0.25) is 17.3 Å². The summed E-state index contributed by atoms with van der Waals surface area (Å²) in [4.78, 5) is 29.0. The molecule has 2 aromatic rings. The molecular weight excluding hydrogens is 308 g/mol. The molecule has 1 aliphatic rings. The summed E-state index contributed by atoms with van der Waals surface area (Å²) in [5.41, 5.74) is 0.837. The lowest BCUT2D eigenvalue weighted by Gasteiger charge is -2.38. The molecule has 1 saturated heterocycles. The molecule has 24 heavy (non-hydrogen) atoms. The minimum atomic E-state index is -0.260. The fraction of sp³-hybridized carbons (Fsp3) is 0.529. The van der Waals surface area contributed by atoms with Crippen LogP contribution in [0.25, 0.3) is 0 Å². The van der Waals surface area contributed by atoms with Crippen molar-refractivity contribution in [1.82, 2.24) is 20.1 Å². The molecule has 0 aliphatic carbocycles. The van der Waals surface area contributed by atoms with Gasteiger partial charge in [-0.1, -0.05) is 6.92 Å². The zero-order chi connectivity index (χ0) is 17.3. The first-order valence-electron chi connectivity index (χ1n) is 8.33. The Balaban J connectivity index is 1.85. The highest BCUT2D eigenvalue weighted by Gasteiger charge is 2.35. The average Bonchev–Trinajstić information content (AvgIpc) is 3.02. The van der Waals surface area contributed by atoms with Crippen LogP contribution in [0.15, 0.2) is 21.3 Å². The second-order valence-electron chi connectivity index (χ2n) is 6.29. The highest BCUT2D eigenvalue weighted by Crippen LogP contribution is 2.32. The smallest absolute Gasteiger partial charge is 0.254 e. The number of piperidine rings is 1. The quantitative estimate of drug-likeness (QED) is 0.929. The number of rotatable bonds is 3. The third kappa shape index (κ3) is 3.11. The fourth-order valence-corrected chi connectivity index (χ4v) is 3.29. The summed E-state index contributed by atoms with van der Waals surface area (Å²) in [7, 11) is 0. The highest BCUT2D eigenvalue weighted by atomic mass is 16.4. The third-order valence-corrected chi connectivity index (χ3v) is 4.58. The Morgan fingerprint density at radius 2 is 2.21 bits per heavy atom. The van der Waals surface area contributed by atoms with Gasteiger partial charge in [-0.15, -0.1) is 10.2 Å². The van der Waals surface area contributed by atoms with Crippen molar-refractivity contribution in [2.75, 3.05) is 6.54 Å². The lowest BCUT2D eigenvalue weighted by atomic mass is 9.89. The molecule has 0 saturated carbocycles. The van der Waals surface area contributed by atoms with E-state index in [-0.39, 0.29) is 23.4 Å². The van der Waals surface area contributed by atoms with Gasteiger partial charge in [-0.05, 0) is 32.8 Å². The van der Waals surface area contributed by atoms with Gasteiger partial charge in [-0.2, -0.15) is 0 Å². The molecule has 2 aromatic heterocycles. The summed E-state index contributed by atoms with van der Waals surface area (Å²) in [6.07, 6.45) is 2.47. The summed E-state index contributed by atoms with van der Waals surface area (Å²) < 4.78 is 5.70. The number of pyridine rings is 1. The van der Waals surface area contributed by atoms with Gasteiger partial charge in [0.15, 0.2) is 0 Å². The lowest BCUT2D eigenvalue weighted by Crippen LogP contribution is -2.46. The summed E-state index contributed by atoms with van der Waals surface area (Å²) in [6.45, 7) is 6.40. The van der Waals surface area contributed by atoms with E-state index in [1.165, 1.54) is 6.07 Å². The van der Waals surface area contributed by atoms with Gasteiger partial charge in [0.05, 0.1) is 5.92 Å². The van der Waals surface area contributed by atoms with Crippen LogP contribution in [-0.2, 0) is 6.42 Å². The molecule has 2 atom stereocenters. The molecular formula is C17H22N4O3. The van der Waals surface area contributed by atoms with Crippen molar-refractivity contribution in [3.8, 4) is 0 Å². The van der Waals surface area contributed by atoms with E-state index in [1.807, 2.05) is 13.8 Å². The summed E-state index contributed by atoms with van der Waals surface area (Å²) in [5, 5.41) is 8.18. The first-order valence-corrected chi connectivity index (χ1v) is 8.33. The number of hydrogen-bond acceptors (Lipinski definition) is 5. The summed E-state index contributed by atoms with van der Waals surface area (Å²) >= 11 is 0. The molecule has 0 radical (unpaired) electrons. The molecule has 1 N–H and O–H groups in total. The van der Waals surface area contributed by atoms with E-state index >= 15 is 0 Å². The Morgan fingerprint density at radius 1 is 1.42 bits per heavy atom. The van der Waals surface area contributed by atoms with Crippen LogP contribution in [0.4, 0.5) is 0 Å². The van der Waals surface area contributed by atoms with Gasteiger partial charge in [-0.3, -0.25) is 9.59 Å². The third-order valence-electron chi connectivity index (χ3n) is 4.58. The van der Waals surface area contributed by atoms with Crippen LogP contribution in [0.3, 0.4) is 0 Å². The van der Waals surface area contributed by atoms with Crippen LogP contribution in [0, 0.1) is 6.92 Å². The molecule has 0 spiro atoms. The summed E-state index contributed by atoms with van der Waals surface area (Å²) in [6, 6.07) is 3.01. The first kappa shape index (κ1) is 16.4. The second-order valence-corrected chi connectivity index (χ2v) is 6.29. The van der Waals surface area contributed by atoms with Crippen LogP contribution >= 0.6 is 0 Å². The molecule has 1 aliphatic heterocycles. The largest absolute Gasteiger partial charge is 0.425 e. The monoisotopic (exact) mass is 330 g/mol. The highest BCUT2D eigenvalue weighted by molar-refractivity contribution is 5.94. The number of amides is 1. The first-order chi connectivity index (χ1) is 11.5. The Bertz CT molecular complexity index is 795. The maximum atomic E-state index is 12.9. The number of aryl methyl sites for hydroxylation is 2. The van der Waals surface area contributed by atoms with Crippen LogP contribution in [0.2, 0.25) is 0 Å². The van der Waals surface area contributed by atoms with Gasteiger partial charge in [-0.25, -0.2) is 0 Å². The van der Waals surface area contributed by atoms with Gasteiger partial charge in [0.1, 0.15) is 0 Å². The molecule has 3 heterocycles.